The number of nitrogens with zero attached hydrogens (tertiary/aromatic N) is 1. The Hall–Kier alpha value is -1.17. The van der Waals surface area contributed by atoms with Crippen LogP contribution in [0.2, 0.25) is 0 Å². The van der Waals surface area contributed by atoms with Crippen molar-refractivity contribution in [3.8, 4) is 0 Å². The lowest BCUT2D eigenvalue weighted by Crippen LogP contribution is -2.45. The Labute approximate surface area is 139 Å². The second-order valence-corrected chi connectivity index (χ2v) is 6.33. The molecule has 0 radical (unpaired) electrons. The summed E-state index contributed by atoms with van der Waals surface area (Å²) >= 11 is 0. The first-order valence-corrected chi connectivity index (χ1v) is 8.79. The van der Waals surface area contributed by atoms with Gasteiger partial charge in [-0.25, -0.2) is 0 Å². The van der Waals surface area contributed by atoms with Crippen molar-refractivity contribution in [2.24, 2.45) is 5.73 Å². The van der Waals surface area contributed by atoms with E-state index in [4.69, 9.17) is 20.5 Å². The van der Waals surface area contributed by atoms with Crippen molar-refractivity contribution in [1.29, 1.82) is 0 Å². The lowest BCUT2D eigenvalue weighted by Gasteiger charge is -2.19. The van der Waals surface area contributed by atoms with Crippen LogP contribution in [0.1, 0.15) is 69.7 Å². The molecule has 0 aliphatic carbocycles. The molecular formula is C18H32N2O3. The minimum Gasteiger partial charge on any atom is -0.394 e. The number of aryl methyl sites for hydroxylation is 1. The third-order valence-corrected chi connectivity index (χ3v) is 4.03. The summed E-state index contributed by atoms with van der Waals surface area (Å²) in [5.74, 6) is 0.594. The number of rotatable bonds is 13. The van der Waals surface area contributed by atoms with Crippen LogP contribution in [0.25, 0.3) is 6.08 Å². The molecular weight excluding hydrogens is 292 g/mol. The molecule has 0 fully saturated rings. The molecule has 1 aromatic rings. The van der Waals surface area contributed by atoms with Gasteiger partial charge in [0, 0.05) is 6.07 Å². The molecule has 1 aromatic heterocycles. The second kappa shape index (κ2) is 11.4. The zero-order chi connectivity index (χ0) is 17.0. The molecule has 132 valence electrons. The Bertz CT molecular complexity index is 439. The number of unbranched alkanes of at least 4 members (excludes halogenated alkanes) is 7. The maximum absolute atomic E-state index is 9.12. The van der Waals surface area contributed by atoms with Crippen LogP contribution in [0, 0.1) is 0 Å². The molecule has 0 atom stereocenters. The van der Waals surface area contributed by atoms with E-state index >= 15 is 0 Å². The summed E-state index contributed by atoms with van der Waals surface area (Å²) in [6.45, 7) is 1.60. The van der Waals surface area contributed by atoms with Crippen molar-refractivity contribution < 1.29 is 14.7 Å². The number of hydrogen-bond donors (Lipinski definition) is 3. The molecule has 4 N–H and O–H groups in total. The van der Waals surface area contributed by atoms with Crippen LogP contribution >= 0.6 is 0 Å². The predicted octanol–water partition coefficient (Wildman–Crippen LogP) is 3.05. The maximum Gasteiger partial charge on any atom is 0.159 e. The predicted molar refractivity (Wildman–Crippen MR) is 92.9 cm³/mol. The SMILES string of the molecule is CCCCCCCCCCc1cc(/C=C/C(N)(CO)CO)on1. The van der Waals surface area contributed by atoms with Crippen LogP contribution in [0.3, 0.4) is 0 Å². The molecule has 5 heteroatoms. The van der Waals surface area contributed by atoms with E-state index in [9.17, 15) is 0 Å². The summed E-state index contributed by atoms with van der Waals surface area (Å²) < 4.78 is 5.22. The van der Waals surface area contributed by atoms with E-state index < -0.39 is 5.54 Å². The Morgan fingerprint density at radius 1 is 1.09 bits per heavy atom. The first kappa shape index (κ1) is 19.9. The summed E-state index contributed by atoms with van der Waals surface area (Å²) in [6, 6.07) is 1.88. The van der Waals surface area contributed by atoms with Crippen LogP contribution in [-0.2, 0) is 6.42 Å². The van der Waals surface area contributed by atoms with Gasteiger partial charge in [-0.3, -0.25) is 0 Å². The summed E-state index contributed by atoms with van der Waals surface area (Å²) in [5.41, 5.74) is 5.58. The fraction of sp³-hybridized carbons (Fsp3) is 0.722. The normalized spacial score (nSPS) is 12.3. The zero-order valence-corrected chi connectivity index (χ0v) is 14.3. The Balaban J connectivity index is 2.22. The highest BCUT2D eigenvalue weighted by Crippen LogP contribution is 2.13. The van der Waals surface area contributed by atoms with Gasteiger partial charge in [0.2, 0.25) is 0 Å². The van der Waals surface area contributed by atoms with E-state index in [1.807, 2.05) is 6.07 Å². The van der Waals surface area contributed by atoms with Gasteiger partial charge in [0.15, 0.2) is 5.76 Å². The van der Waals surface area contributed by atoms with Crippen molar-refractivity contribution in [2.45, 2.75) is 70.3 Å². The van der Waals surface area contributed by atoms with Crippen molar-refractivity contribution in [3.05, 3.63) is 23.6 Å². The first-order valence-electron chi connectivity index (χ1n) is 8.79. The van der Waals surface area contributed by atoms with Gasteiger partial charge in [-0.2, -0.15) is 0 Å². The van der Waals surface area contributed by atoms with Crippen LogP contribution in [-0.4, -0.2) is 34.1 Å². The summed E-state index contributed by atoms with van der Waals surface area (Å²) in [4.78, 5) is 0. The highest BCUT2D eigenvalue weighted by atomic mass is 16.5. The van der Waals surface area contributed by atoms with E-state index in [2.05, 4.69) is 12.1 Å². The molecule has 0 unspecified atom stereocenters. The van der Waals surface area contributed by atoms with E-state index in [-0.39, 0.29) is 13.2 Å². The molecule has 0 amide bonds. The number of aromatic nitrogens is 1. The topological polar surface area (TPSA) is 92.5 Å². The molecule has 0 spiro atoms. The molecule has 5 nitrogen and oxygen atoms in total. The first-order chi connectivity index (χ1) is 11.1. The number of nitrogens with two attached hydrogens (primary N) is 1. The third kappa shape index (κ3) is 8.30. The highest BCUT2D eigenvalue weighted by Gasteiger charge is 2.18. The standard InChI is InChI=1S/C18H32N2O3/c1-2-3-4-5-6-7-8-9-10-16-13-17(23-20-16)11-12-18(19,14-21)15-22/h11-13,21-22H,2-10,14-15,19H2,1H3/b12-11+. The summed E-state index contributed by atoms with van der Waals surface area (Å²) in [5, 5.41) is 22.3. The summed E-state index contributed by atoms with van der Waals surface area (Å²) in [7, 11) is 0. The van der Waals surface area contributed by atoms with Crippen molar-refractivity contribution in [1.82, 2.24) is 5.16 Å². The lowest BCUT2D eigenvalue weighted by molar-refractivity contribution is 0.152. The lowest BCUT2D eigenvalue weighted by atomic mass is 10.0. The van der Waals surface area contributed by atoms with Gasteiger partial charge in [-0.1, -0.05) is 63.1 Å². The quantitative estimate of drug-likeness (QED) is 0.485. The van der Waals surface area contributed by atoms with Gasteiger partial charge in [0.05, 0.1) is 24.4 Å². The van der Waals surface area contributed by atoms with Crippen LogP contribution in [0.4, 0.5) is 0 Å². The van der Waals surface area contributed by atoms with Crippen LogP contribution in [0.15, 0.2) is 16.7 Å². The van der Waals surface area contributed by atoms with Gasteiger partial charge in [0.1, 0.15) is 0 Å². The van der Waals surface area contributed by atoms with E-state index in [0.717, 1.165) is 18.5 Å². The van der Waals surface area contributed by atoms with E-state index in [0.29, 0.717) is 5.76 Å². The second-order valence-electron chi connectivity index (χ2n) is 6.33. The Morgan fingerprint density at radius 2 is 1.70 bits per heavy atom. The number of hydrogen-bond acceptors (Lipinski definition) is 5. The Kier molecular flexibility index (Phi) is 9.83. The van der Waals surface area contributed by atoms with E-state index in [1.165, 1.54) is 44.9 Å². The van der Waals surface area contributed by atoms with E-state index in [1.54, 1.807) is 12.2 Å². The number of aliphatic hydroxyl groups is 2. The molecule has 0 aliphatic rings. The average Bonchev–Trinajstić information content (AvgIpc) is 3.03. The minimum absolute atomic E-state index is 0.320. The summed E-state index contributed by atoms with van der Waals surface area (Å²) in [6.07, 6.45) is 14.4. The van der Waals surface area contributed by atoms with Gasteiger partial charge >= 0.3 is 0 Å². The van der Waals surface area contributed by atoms with Gasteiger partial charge in [0.25, 0.3) is 0 Å². The monoisotopic (exact) mass is 324 g/mol. The molecule has 0 saturated carbocycles. The fourth-order valence-corrected chi connectivity index (χ4v) is 2.37. The van der Waals surface area contributed by atoms with Crippen molar-refractivity contribution in [2.75, 3.05) is 13.2 Å². The van der Waals surface area contributed by atoms with Gasteiger partial charge in [-0.05, 0) is 18.9 Å². The zero-order valence-electron chi connectivity index (χ0n) is 14.3. The molecule has 23 heavy (non-hydrogen) atoms. The van der Waals surface area contributed by atoms with Crippen LogP contribution in [0.5, 0.6) is 0 Å². The third-order valence-electron chi connectivity index (χ3n) is 4.03. The fourth-order valence-electron chi connectivity index (χ4n) is 2.37. The molecule has 0 bridgehead atoms. The molecule has 1 rings (SSSR count). The average molecular weight is 324 g/mol. The molecule has 0 aliphatic heterocycles. The molecule has 0 aromatic carbocycles. The smallest absolute Gasteiger partial charge is 0.159 e. The van der Waals surface area contributed by atoms with Crippen LogP contribution < -0.4 is 5.73 Å². The van der Waals surface area contributed by atoms with Crippen molar-refractivity contribution >= 4 is 6.08 Å². The molecule has 0 saturated heterocycles. The highest BCUT2D eigenvalue weighted by molar-refractivity contribution is 5.45. The maximum atomic E-state index is 9.12. The largest absolute Gasteiger partial charge is 0.394 e. The van der Waals surface area contributed by atoms with Crippen molar-refractivity contribution in [3.63, 3.8) is 0 Å². The minimum atomic E-state index is -1.12. The van der Waals surface area contributed by atoms with Gasteiger partial charge in [-0.15, -0.1) is 0 Å². The van der Waals surface area contributed by atoms with Gasteiger partial charge < -0.3 is 20.5 Å². The molecule has 1 heterocycles. The Morgan fingerprint density at radius 3 is 2.30 bits per heavy atom. The number of aliphatic hydroxyl groups excluding tert-OH is 2.